The fourth-order valence-corrected chi connectivity index (χ4v) is 0.533. The van der Waals surface area contributed by atoms with Crippen LogP contribution in [0, 0.1) is 24.2 Å². The molecule has 0 fully saturated rings. The van der Waals surface area contributed by atoms with Crippen LogP contribution in [0.4, 0.5) is 0 Å². The van der Waals surface area contributed by atoms with Gasteiger partial charge in [0, 0.05) is 5.92 Å². The molecule has 0 bridgehead atoms. The van der Waals surface area contributed by atoms with Gasteiger partial charge in [-0.25, -0.2) is 0 Å². The quantitative estimate of drug-likeness (QED) is 0.375. The van der Waals surface area contributed by atoms with Crippen molar-refractivity contribution in [3.8, 4) is 12.3 Å². The summed E-state index contributed by atoms with van der Waals surface area (Å²) >= 11 is 0. The van der Waals surface area contributed by atoms with Crippen molar-refractivity contribution in [2.75, 3.05) is 0 Å². The molecule has 0 heteroatoms. The Morgan fingerprint density at radius 3 is 2.12 bits per heavy atom. The summed E-state index contributed by atoms with van der Waals surface area (Å²) in [4.78, 5) is 0. The van der Waals surface area contributed by atoms with Crippen LogP contribution in [0.5, 0.6) is 0 Å². The minimum atomic E-state index is 0.245. The standard InChI is InChI=1S/C8H12/c1-5-8(6-2)7(3)4/h1,6-8H,2H2,3-4H3. The Morgan fingerprint density at radius 2 is 2.12 bits per heavy atom. The van der Waals surface area contributed by atoms with E-state index in [1.54, 1.807) is 0 Å². The van der Waals surface area contributed by atoms with Crippen molar-refractivity contribution in [1.82, 2.24) is 0 Å². The van der Waals surface area contributed by atoms with Crippen molar-refractivity contribution in [3.05, 3.63) is 12.7 Å². The number of rotatable bonds is 2. The second kappa shape index (κ2) is 3.32. The monoisotopic (exact) mass is 108 g/mol. The molecule has 0 heterocycles. The third kappa shape index (κ3) is 1.84. The molecular weight excluding hydrogens is 96.1 g/mol. The van der Waals surface area contributed by atoms with E-state index in [-0.39, 0.29) is 5.92 Å². The van der Waals surface area contributed by atoms with Crippen molar-refractivity contribution in [3.63, 3.8) is 0 Å². The molecule has 0 nitrogen and oxygen atoms in total. The lowest BCUT2D eigenvalue weighted by Gasteiger charge is -2.06. The molecule has 1 atom stereocenters. The molecule has 0 saturated carbocycles. The van der Waals surface area contributed by atoms with Crippen LogP contribution in [0.1, 0.15) is 13.8 Å². The maximum atomic E-state index is 5.16. The van der Waals surface area contributed by atoms with Crippen molar-refractivity contribution in [1.29, 1.82) is 0 Å². The lowest BCUT2D eigenvalue weighted by molar-refractivity contribution is 0.567. The number of terminal acetylenes is 1. The predicted octanol–water partition coefficient (Wildman–Crippen LogP) is 2.08. The predicted molar refractivity (Wildman–Crippen MR) is 37.4 cm³/mol. The Labute approximate surface area is 51.6 Å². The summed E-state index contributed by atoms with van der Waals surface area (Å²) in [6, 6.07) is 0. The van der Waals surface area contributed by atoms with Crippen LogP contribution in [-0.2, 0) is 0 Å². The van der Waals surface area contributed by atoms with Crippen LogP contribution < -0.4 is 0 Å². The van der Waals surface area contributed by atoms with Gasteiger partial charge in [0.2, 0.25) is 0 Å². The molecule has 0 aromatic heterocycles. The van der Waals surface area contributed by atoms with E-state index in [9.17, 15) is 0 Å². The third-order valence-corrected chi connectivity index (χ3v) is 1.16. The zero-order valence-electron chi connectivity index (χ0n) is 5.52. The highest BCUT2D eigenvalue weighted by molar-refractivity contribution is 5.03. The van der Waals surface area contributed by atoms with Gasteiger partial charge in [-0.3, -0.25) is 0 Å². The Hall–Kier alpha value is -0.700. The average molecular weight is 108 g/mol. The van der Waals surface area contributed by atoms with E-state index in [2.05, 4.69) is 26.3 Å². The van der Waals surface area contributed by atoms with E-state index in [0.29, 0.717) is 5.92 Å². The fraction of sp³-hybridized carbons (Fsp3) is 0.500. The van der Waals surface area contributed by atoms with Crippen LogP contribution in [-0.4, -0.2) is 0 Å². The highest BCUT2D eigenvalue weighted by Gasteiger charge is 2.02. The van der Waals surface area contributed by atoms with Gasteiger partial charge >= 0.3 is 0 Å². The molecule has 0 aliphatic carbocycles. The summed E-state index contributed by atoms with van der Waals surface area (Å²) in [5.41, 5.74) is 0. The largest absolute Gasteiger partial charge is 0.119 e. The van der Waals surface area contributed by atoms with E-state index >= 15 is 0 Å². The second-order valence-corrected chi connectivity index (χ2v) is 2.17. The van der Waals surface area contributed by atoms with E-state index in [1.807, 2.05) is 6.08 Å². The van der Waals surface area contributed by atoms with Crippen molar-refractivity contribution < 1.29 is 0 Å². The third-order valence-electron chi connectivity index (χ3n) is 1.16. The van der Waals surface area contributed by atoms with Gasteiger partial charge in [-0.1, -0.05) is 25.8 Å². The van der Waals surface area contributed by atoms with E-state index in [1.165, 1.54) is 0 Å². The molecule has 0 N–H and O–H groups in total. The first kappa shape index (κ1) is 7.30. The summed E-state index contributed by atoms with van der Waals surface area (Å²) in [6.45, 7) is 7.79. The molecule has 0 saturated heterocycles. The molecule has 8 heavy (non-hydrogen) atoms. The Kier molecular flexibility index (Phi) is 3.03. The van der Waals surface area contributed by atoms with Crippen molar-refractivity contribution in [2.24, 2.45) is 11.8 Å². The number of allylic oxidation sites excluding steroid dienone is 1. The highest BCUT2D eigenvalue weighted by Crippen LogP contribution is 2.08. The summed E-state index contributed by atoms with van der Waals surface area (Å²) in [6.07, 6.45) is 6.97. The lowest BCUT2D eigenvalue weighted by Crippen LogP contribution is -2.00. The Balaban J connectivity index is 3.74. The van der Waals surface area contributed by atoms with E-state index < -0.39 is 0 Å². The van der Waals surface area contributed by atoms with Crippen molar-refractivity contribution >= 4 is 0 Å². The molecule has 0 aliphatic heterocycles. The summed E-state index contributed by atoms with van der Waals surface area (Å²) < 4.78 is 0. The van der Waals surface area contributed by atoms with Crippen LogP contribution in [0.2, 0.25) is 0 Å². The maximum absolute atomic E-state index is 5.16. The van der Waals surface area contributed by atoms with Crippen molar-refractivity contribution in [2.45, 2.75) is 13.8 Å². The molecule has 0 aromatic carbocycles. The highest BCUT2D eigenvalue weighted by atomic mass is 14.1. The average Bonchev–Trinajstić information content (AvgIpc) is 1.69. The minimum Gasteiger partial charge on any atom is -0.119 e. The van der Waals surface area contributed by atoms with Gasteiger partial charge in [-0.2, -0.15) is 0 Å². The van der Waals surface area contributed by atoms with E-state index in [4.69, 9.17) is 6.42 Å². The first-order valence-corrected chi connectivity index (χ1v) is 2.81. The zero-order valence-corrected chi connectivity index (χ0v) is 5.52. The van der Waals surface area contributed by atoms with Gasteiger partial charge < -0.3 is 0 Å². The number of hydrogen-bond donors (Lipinski definition) is 0. The first-order chi connectivity index (χ1) is 3.72. The molecule has 0 spiro atoms. The van der Waals surface area contributed by atoms with Crippen LogP contribution in [0.15, 0.2) is 12.7 Å². The van der Waals surface area contributed by atoms with Gasteiger partial charge in [0.15, 0.2) is 0 Å². The first-order valence-electron chi connectivity index (χ1n) is 2.81. The lowest BCUT2D eigenvalue weighted by atomic mass is 9.97. The molecule has 0 radical (unpaired) electrons. The van der Waals surface area contributed by atoms with E-state index in [0.717, 1.165) is 0 Å². The molecule has 0 aromatic rings. The Bertz CT molecular complexity index is 104. The minimum absolute atomic E-state index is 0.245. The van der Waals surface area contributed by atoms with Gasteiger partial charge in [0.25, 0.3) is 0 Å². The molecule has 0 aliphatic rings. The van der Waals surface area contributed by atoms with Crippen LogP contribution >= 0.6 is 0 Å². The van der Waals surface area contributed by atoms with Crippen LogP contribution in [0.25, 0.3) is 0 Å². The van der Waals surface area contributed by atoms with Gasteiger partial charge in [0.05, 0.1) is 0 Å². The summed E-state index contributed by atoms with van der Waals surface area (Å²) in [5.74, 6) is 3.40. The molecule has 44 valence electrons. The maximum Gasteiger partial charge on any atom is 0.0400 e. The van der Waals surface area contributed by atoms with Gasteiger partial charge in [-0.15, -0.1) is 13.0 Å². The number of hydrogen-bond acceptors (Lipinski definition) is 0. The fourth-order valence-electron chi connectivity index (χ4n) is 0.533. The molecule has 0 rings (SSSR count). The molecule has 1 unspecified atom stereocenters. The summed E-state index contributed by atoms with van der Waals surface area (Å²) in [7, 11) is 0. The molecule has 0 amide bonds. The zero-order chi connectivity index (χ0) is 6.57. The van der Waals surface area contributed by atoms with Gasteiger partial charge in [-0.05, 0) is 5.92 Å². The van der Waals surface area contributed by atoms with Gasteiger partial charge in [0.1, 0.15) is 0 Å². The smallest absolute Gasteiger partial charge is 0.0400 e. The Morgan fingerprint density at radius 1 is 1.62 bits per heavy atom. The van der Waals surface area contributed by atoms with Crippen LogP contribution in [0.3, 0.4) is 0 Å². The molecular formula is C8H12. The normalized spacial score (nSPS) is 12.8. The second-order valence-electron chi connectivity index (χ2n) is 2.17. The summed E-state index contributed by atoms with van der Waals surface area (Å²) in [5, 5.41) is 0. The topological polar surface area (TPSA) is 0 Å². The SMILES string of the molecule is C#CC(C=C)C(C)C.